The number of nitrogens with two attached hydrogens (primary N) is 1. The Hall–Kier alpha value is -2.97. The molecule has 8 heteroatoms. The summed E-state index contributed by atoms with van der Waals surface area (Å²) in [5.41, 5.74) is 8.21. The highest BCUT2D eigenvalue weighted by atomic mass is 32.2. The van der Waals surface area contributed by atoms with Crippen LogP contribution in [-0.4, -0.2) is 23.3 Å². The number of piperidine rings is 1. The van der Waals surface area contributed by atoms with Crippen molar-refractivity contribution in [3.63, 3.8) is 0 Å². The first-order valence-corrected chi connectivity index (χ1v) is 9.31. The molecule has 1 aliphatic rings. The van der Waals surface area contributed by atoms with Gasteiger partial charge >= 0.3 is 0 Å². The van der Waals surface area contributed by atoms with Crippen LogP contribution in [0.1, 0.15) is 30.4 Å². The molecule has 3 heterocycles. The van der Waals surface area contributed by atoms with Crippen molar-refractivity contribution >= 4 is 29.0 Å². The lowest BCUT2D eigenvalue weighted by Crippen LogP contribution is -2.30. The maximum absolute atomic E-state index is 9.76. The summed E-state index contributed by atoms with van der Waals surface area (Å²) < 4.78 is 0.990. The molecule has 2 aromatic heterocycles. The maximum atomic E-state index is 9.76. The molecule has 0 unspecified atom stereocenters. The van der Waals surface area contributed by atoms with E-state index in [-0.39, 0.29) is 11.5 Å². The highest BCUT2D eigenvalue weighted by molar-refractivity contribution is 7.98. The molecule has 2 aromatic rings. The Bertz CT molecular complexity index is 896. The molecule has 1 aliphatic heterocycles. The van der Waals surface area contributed by atoms with Gasteiger partial charge in [-0.25, -0.2) is 9.83 Å². The summed E-state index contributed by atoms with van der Waals surface area (Å²) in [6, 6.07) is 5.86. The zero-order valence-corrected chi connectivity index (χ0v) is 15.0. The van der Waals surface area contributed by atoms with E-state index in [1.54, 1.807) is 12.3 Å². The SMILES string of the molecule is [C-]#[N+]c1c(N)nc(SCc2ccc[n+](O)c2)c(C#N)c1N1CCCCC1. The predicted molar refractivity (Wildman–Crippen MR) is 99.1 cm³/mol. The smallest absolute Gasteiger partial charge is 0.251 e. The molecule has 0 radical (unpaired) electrons. The average molecular weight is 367 g/mol. The van der Waals surface area contributed by atoms with Crippen LogP contribution in [0.3, 0.4) is 0 Å². The Morgan fingerprint density at radius 1 is 1.42 bits per heavy atom. The van der Waals surface area contributed by atoms with Gasteiger partial charge in [-0.05, 0) is 25.3 Å². The second kappa shape index (κ2) is 7.94. The molecule has 132 valence electrons. The van der Waals surface area contributed by atoms with E-state index >= 15 is 0 Å². The first-order valence-electron chi connectivity index (χ1n) is 8.32. The maximum Gasteiger partial charge on any atom is 0.251 e. The number of thioether (sulfide) groups is 1. The fraction of sp³-hybridized carbons (Fsp3) is 0.333. The van der Waals surface area contributed by atoms with E-state index in [9.17, 15) is 10.5 Å². The fourth-order valence-electron chi connectivity index (χ4n) is 3.05. The third-order valence-corrected chi connectivity index (χ3v) is 5.30. The van der Waals surface area contributed by atoms with Gasteiger partial charge < -0.3 is 10.6 Å². The molecular weight excluding hydrogens is 348 g/mol. The van der Waals surface area contributed by atoms with E-state index in [1.807, 2.05) is 6.07 Å². The predicted octanol–water partition coefficient (Wildman–Crippen LogP) is 2.89. The van der Waals surface area contributed by atoms with E-state index in [0.717, 1.165) is 42.6 Å². The van der Waals surface area contributed by atoms with Crippen molar-refractivity contribution in [1.29, 1.82) is 5.26 Å². The lowest BCUT2D eigenvalue weighted by atomic mass is 10.1. The average Bonchev–Trinajstić information content (AvgIpc) is 2.66. The quantitative estimate of drug-likeness (QED) is 0.373. The van der Waals surface area contributed by atoms with Gasteiger partial charge in [0.25, 0.3) is 5.69 Å². The van der Waals surface area contributed by atoms with Crippen LogP contribution in [0.15, 0.2) is 29.6 Å². The van der Waals surface area contributed by atoms with Crippen LogP contribution in [-0.2, 0) is 5.75 Å². The molecule has 0 amide bonds. The number of aromatic nitrogens is 2. The molecule has 1 fully saturated rings. The van der Waals surface area contributed by atoms with Gasteiger partial charge in [-0.1, -0.05) is 0 Å². The monoisotopic (exact) mass is 367 g/mol. The lowest BCUT2D eigenvalue weighted by Gasteiger charge is -2.31. The van der Waals surface area contributed by atoms with Crippen molar-refractivity contribution in [2.24, 2.45) is 0 Å². The van der Waals surface area contributed by atoms with Crippen molar-refractivity contribution in [3.8, 4) is 6.07 Å². The van der Waals surface area contributed by atoms with Gasteiger partial charge in [0, 0.05) is 35.2 Å². The Labute approximate surface area is 156 Å². The highest BCUT2D eigenvalue weighted by Crippen LogP contribution is 2.42. The molecule has 7 nitrogen and oxygen atoms in total. The largest absolute Gasteiger partial charge is 0.392 e. The van der Waals surface area contributed by atoms with Crippen molar-refractivity contribution in [2.75, 3.05) is 23.7 Å². The molecule has 3 N–H and O–H groups in total. The molecule has 0 aliphatic carbocycles. The van der Waals surface area contributed by atoms with Crippen LogP contribution in [0.4, 0.5) is 17.2 Å². The summed E-state index contributed by atoms with van der Waals surface area (Å²) in [5, 5.41) is 19.8. The minimum absolute atomic E-state index is 0.160. The number of hydrogen-bond acceptors (Lipinski definition) is 6. The zero-order valence-electron chi connectivity index (χ0n) is 14.2. The Balaban J connectivity index is 1.98. The number of nitrogen functional groups attached to an aromatic ring is 1. The summed E-state index contributed by atoms with van der Waals surface area (Å²) in [6.07, 6.45) is 6.36. The van der Waals surface area contributed by atoms with Gasteiger partial charge in [0.15, 0.2) is 0 Å². The summed E-state index contributed by atoms with van der Waals surface area (Å²) in [7, 11) is 0. The Kier molecular flexibility index (Phi) is 5.45. The van der Waals surface area contributed by atoms with Crippen LogP contribution in [0.5, 0.6) is 0 Å². The molecule has 0 spiro atoms. The summed E-state index contributed by atoms with van der Waals surface area (Å²) in [6.45, 7) is 9.10. The molecule has 0 aromatic carbocycles. The summed E-state index contributed by atoms with van der Waals surface area (Å²) in [5.74, 6) is 0.687. The van der Waals surface area contributed by atoms with E-state index in [0.29, 0.717) is 22.0 Å². The van der Waals surface area contributed by atoms with Crippen molar-refractivity contribution in [1.82, 2.24) is 4.98 Å². The van der Waals surface area contributed by atoms with Gasteiger partial charge in [0.1, 0.15) is 16.9 Å². The number of nitriles is 1. The van der Waals surface area contributed by atoms with Gasteiger partial charge in [-0.3, -0.25) is 5.21 Å². The second-order valence-corrected chi connectivity index (χ2v) is 6.99. The molecule has 0 saturated carbocycles. The zero-order chi connectivity index (χ0) is 18.5. The van der Waals surface area contributed by atoms with Crippen LogP contribution < -0.4 is 15.4 Å². The van der Waals surface area contributed by atoms with Crippen LogP contribution in [0.2, 0.25) is 0 Å². The topological polar surface area (TPSA) is 94.4 Å². The normalized spacial score (nSPS) is 13.8. The number of rotatable bonds is 4. The molecule has 26 heavy (non-hydrogen) atoms. The fourth-order valence-corrected chi connectivity index (χ4v) is 3.97. The van der Waals surface area contributed by atoms with Gasteiger partial charge in [0.2, 0.25) is 12.4 Å². The first kappa shape index (κ1) is 17.8. The number of nitrogens with zero attached hydrogens (tertiary/aromatic N) is 5. The minimum Gasteiger partial charge on any atom is -0.392 e. The second-order valence-electron chi connectivity index (χ2n) is 6.03. The summed E-state index contributed by atoms with van der Waals surface area (Å²) >= 11 is 1.38. The minimum atomic E-state index is 0.160. The van der Waals surface area contributed by atoms with Crippen LogP contribution in [0, 0.1) is 17.9 Å². The number of hydrogen-bond donors (Lipinski definition) is 2. The van der Waals surface area contributed by atoms with E-state index < -0.39 is 0 Å². The van der Waals surface area contributed by atoms with E-state index in [1.165, 1.54) is 18.0 Å². The van der Waals surface area contributed by atoms with Crippen LogP contribution >= 0.6 is 11.8 Å². The van der Waals surface area contributed by atoms with Gasteiger partial charge in [-0.15, -0.1) is 11.8 Å². The number of pyridine rings is 2. The van der Waals surface area contributed by atoms with Crippen LogP contribution in [0.25, 0.3) is 4.85 Å². The standard InChI is InChI=1S/C18H19N6OS/c1-21-15-16(23-7-3-2-4-8-23)14(10-19)18(22-17(15)20)26-12-13-6-5-9-24(25)11-13/h5-6,9,11,25H,2-4,7-8,12H2,(H2,20,22)/q+1. The molecular formula is C18H19N6OS+. The third kappa shape index (κ3) is 3.66. The number of anilines is 2. The van der Waals surface area contributed by atoms with E-state index in [4.69, 9.17) is 12.3 Å². The molecule has 3 rings (SSSR count). The third-order valence-electron chi connectivity index (χ3n) is 4.26. The lowest BCUT2D eigenvalue weighted by molar-refractivity contribution is -0.905. The van der Waals surface area contributed by atoms with E-state index in [2.05, 4.69) is 20.8 Å². The molecule has 0 bridgehead atoms. The van der Waals surface area contributed by atoms with Crippen molar-refractivity contribution in [3.05, 3.63) is 47.1 Å². The van der Waals surface area contributed by atoms with Gasteiger partial charge in [0.05, 0.1) is 17.8 Å². The Morgan fingerprint density at radius 3 is 2.85 bits per heavy atom. The highest BCUT2D eigenvalue weighted by Gasteiger charge is 2.25. The van der Waals surface area contributed by atoms with Gasteiger partial charge in [-0.2, -0.15) is 5.26 Å². The van der Waals surface area contributed by atoms with Crippen molar-refractivity contribution < 1.29 is 9.94 Å². The van der Waals surface area contributed by atoms with Crippen molar-refractivity contribution in [2.45, 2.75) is 30.0 Å². The molecule has 0 atom stereocenters. The summed E-state index contributed by atoms with van der Waals surface area (Å²) in [4.78, 5) is 9.95. The Morgan fingerprint density at radius 2 is 2.19 bits per heavy atom. The first-order chi connectivity index (χ1) is 12.6. The molecule has 1 saturated heterocycles.